The number of likely N-dealkylation sites (N-methyl/N-ethyl adjacent to an activating group) is 1. The minimum absolute atomic E-state index is 0.0722. The highest BCUT2D eigenvalue weighted by atomic mass is 79.9. The number of nitrogens with one attached hydrogen (secondary N) is 1. The molecule has 0 saturated heterocycles. The fraction of sp³-hybridized carbons (Fsp3) is 0.833. The molecule has 0 fully saturated rings. The lowest BCUT2D eigenvalue weighted by Crippen LogP contribution is -2.42. The number of amides is 2. The second-order valence-electron chi connectivity index (χ2n) is 4.54. The third-order valence-corrected chi connectivity index (χ3v) is 3.87. The van der Waals surface area contributed by atoms with Gasteiger partial charge in [-0.3, -0.25) is 9.59 Å². The van der Waals surface area contributed by atoms with Crippen molar-refractivity contribution in [2.45, 2.75) is 25.1 Å². The Morgan fingerprint density at radius 3 is 2.50 bits per heavy atom. The predicted molar refractivity (Wildman–Crippen MR) is 74.7 cm³/mol. The van der Waals surface area contributed by atoms with Crippen LogP contribution in [-0.2, 0) is 14.3 Å². The molecule has 0 bridgehead atoms. The summed E-state index contributed by atoms with van der Waals surface area (Å²) in [5, 5.41) is 2.74. The normalized spacial score (nSPS) is 12.3. The highest BCUT2D eigenvalue weighted by Crippen LogP contribution is 2.14. The first-order valence-corrected chi connectivity index (χ1v) is 6.96. The van der Waals surface area contributed by atoms with Crippen LogP contribution in [0.5, 0.6) is 0 Å². The highest BCUT2D eigenvalue weighted by Gasteiger charge is 2.23. The van der Waals surface area contributed by atoms with Gasteiger partial charge in [0.25, 0.3) is 0 Å². The summed E-state index contributed by atoms with van der Waals surface area (Å²) in [6, 6.07) is 0. The van der Waals surface area contributed by atoms with Crippen LogP contribution in [0.2, 0.25) is 0 Å². The van der Waals surface area contributed by atoms with E-state index in [-0.39, 0.29) is 29.1 Å². The maximum atomic E-state index is 11.9. The quantitative estimate of drug-likeness (QED) is 0.536. The van der Waals surface area contributed by atoms with Gasteiger partial charge in [0.05, 0.1) is 11.4 Å². The van der Waals surface area contributed by atoms with Crippen molar-refractivity contribution in [3.05, 3.63) is 0 Å². The Balaban J connectivity index is 3.96. The molecule has 6 heteroatoms. The molecule has 1 atom stereocenters. The molecule has 1 N–H and O–H groups in total. The van der Waals surface area contributed by atoms with Crippen molar-refractivity contribution in [1.29, 1.82) is 0 Å². The maximum absolute atomic E-state index is 11.9. The van der Waals surface area contributed by atoms with Crippen molar-refractivity contribution in [3.8, 4) is 0 Å². The van der Waals surface area contributed by atoms with Gasteiger partial charge < -0.3 is 15.0 Å². The lowest BCUT2D eigenvalue weighted by atomic mass is 10.1. The first-order chi connectivity index (χ1) is 8.40. The van der Waals surface area contributed by atoms with E-state index in [1.54, 1.807) is 14.2 Å². The molecule has 0 saturated carbocycles. The number of methoxy groups -OCH3 is 1. The predicted octanol–water partition coefficient (Wildman–Crippen LogP) is 1.02. The number of hydrogen-bond acceptors (Lipinski definition) is 3. The minimum atomic E-state index is -0.246. The van der Waals surface area contributed by atoms with Gasteiger partial charge in [-0.25, -0.2) is 0 Å². The van der Waals surface area contributed by atoms with Crippen molar-refractivity contribution in [2.24, 2.45) is 5.92 Å². The van der Waals surface area contributed by atoms with Crippen LogP contribution in [0.3, 0.4) is 0 Å². The highest BCUT2D eigenvalue weighted by molar-refractivity contribution is 9.10. The molecular formula is C12H23BrN2O3. The molecule has 0 heterocycles. The monoisotopic (exact) mass is 322 g/mol. The van der Waals surface area contributed by atoms with E-state index >= 15 is 0 Å². The standard InChI is InChI=1S/C12H23BrN2O3/c1-9(2)11(13)12(17)15(3)8-10(16)14-6-5-7-18-4/h9,11H,5-8H2,1-4H3,(H,14,16). The lowest BCUT2D eigenvalue weighted by molar-refractivity contribution is -0.134. The molecule has 2 amide bonds. The summed E-state index contributed by atoms with van der Waals surface area (Å²) in [6.07, 6.45) is 0.771. The van der Waals surface area contributed by atoms with Crippen LogP contribution >= 0.6 is 15.9 Å². The van der Waals surface area contributed by atoms with Crippen molar-refractivity contribution in [2.75, 3.05) is 33.9 Å². The Bertz CT molecular complexity index is 272. The van der Waals surface area contributed by atoms with E-state index in [1.807, 2.05) is 13.8 Å². The number of ether oxygens (including phenoxy) is 1. The largest absolute Gasteiger partial charge is 0.385 e. The Morgan fingerprint density at radius 1 is 1.39 bits per heavy atom. The van der Waals surface area contributed by atoms with Crippen LogP contribution in [0.4, 0.5) is 0 Å². The summed E-state index contributed by atoms with van der Waals surface area (Å²) in [5.41, 5.74) is 0. The molecule has 0 rings (SSSR count). The Kier molecular flexibility index (Phi) is 9.01. The molecule has 0 aliphatic rings. The number of rotatable bonds is 8. The molecule has 0 radical (unpaired) electrons. The van der Waals surface area contributed by atoms with Gasteiger partial charge in [0, 0.05) is 27.3 Å². The van der Waals surface area contributed by atoms with E-state index in [4.69, 9.17) is 4.74 Å². The van der Waals surface area contributed by atoms with Crippen LogP contribution in [0.25, 0.3) is 0 Å². The first kappa shape index (κ1) is 17.4. The molecule has 5 nitrogen and oxygen atoms in total. The zero-order valence-corrected chi connectivity index (χ0v) is 13.1. The third-order valence-electron chi connectivity index (χ3n) is 2.43. The number of carbonyl (C=O) groups is 2. The van der Waals surface area contributed by atoms with E-state index in [2.05, 4.69) is 21.2 Å². The molecular weight excluding hydrogens is 300 g/mol. The van der Waals surface area contributed by atoms with E-state index in [1.165, 1.54) is 4.90 Å². The van der Waals surface area contributed by atoms with E-state index in [0.717, 1.165) is 6.42 Å². The van der Waals surface area contributed by atoms with Crippen molar-refractivity contribution < 1.29 is 14.3 Å². The van der Waals surface area contributed by atoms with Crippen molar-refractivity contribution in [1.82, 2.24) is 10.2 Å². The summed E-state index contributed by atoms with van der Waals surface area (Å²) in [5.74, 6) is -0.0211. The Labute approximate surface area is 117 Å². The third kappa shape index (κ3) is 6.96. The smallest absolute Gasteiger partial charge is 0.239 e. The number of carbonyl (C=O) groups excluding carboxylic acids is 2. The van der Waals surface area contributed by atoms with Gasteiger partial charge in [0.15, 0.2) is 0 Å². The molecule has 1 unspecified atom stereocenters. The fourth-order valence-corrected chi connectivity index (χ4v) is 1.64. The van der Waals surface area contributed by atoms with Crippen LogP contribution in [0.15, 0.2) is 0 Å². The minimum Gasteiger partial charge on any atom is -0.385 e. The number of halogens is 1. The van der Waals surface area contributed by atoms with Gasteiger partial charge in [-0.05, 0) is 12.3 Å². The fourth-order valence-electron chi connectivity index (χ4n) is 1.29. The summed E-state index contributed by atoms with van der Waals surface area (Å²) in [4.78, 5) is 24.6. The molecule has 0 aliphatic heterocycles. The van der Waals surface area contributed by atoms with E-state index < -0.39 is 0 Å². The topological polar surface area (TPSA) is 58.6 Å². The van der Waals surface area contributed by atoms with Crippen LogP contribution in [0, 0.1) is 5.92 Å². The van der Waals surface area contributed by atoms with Crippen LogP contribution in [0.1, 0.15) is 20.3 Å². The molecule has 0 aliphatic carbocycles. The van der Waals surface area contributed by atoms with Gasteiger partial charge in [-0.1, -0.05) is 29.8 Å². The molecule has 0 aromatic heterocycles. The summed E-state index contributed by atoms with van der Waals surface area (Å²) in [7, 11) is 3.25. The molecule has 106 valence electrons. The van der Waals surface area contributed by atoms with Crippen LogP contribution < -0.4 is 5.32 Å². The molecule has 0 spiro atoms. The first-order valence-electron chi connectivity index (χ1n) is 6.04. The SMILES string of the molecule is COCCCNC(=O)CN(C)C(=O)C(Br)C(C)C. The van der Waals surface area contributed by atoms with E-state index in [0.29, 0.717) is 13.2 Å². The summed E-state index contributed by atoms with van der Waals surface area (Å²) < 4.78 is 4.88. The summed E-state index contributed by atoms with van der Waals surface area (Å²) in [6.45, 7) is 5.18. The molecule has 0 aromatic rings. The lowest BCUT2D eigenvalue weighted by Gasteiger charge is -2.21. The van der Waals surface area contributed by atoms with Gasteiger partial charge in [-0.2, -0.15) is 0 Å². The number of nitrogens with zero attached hydrogens (tertiary/aromatic N) is 1. The van der Waals surface area contributed by atoms with Gasteiger partial charge in [-0.15, -0.1) is 0 Å². The molecule has 0 aromatic carbocycles. The second kappa shape index (κ2) is 9.33. The summed E-state index contributed by atoms with van der Waals surface area (Å²) >= 11 is 3.33. The maximum Gasteiger partial charge on any atom is 0.239 e. The van der Waals surface area contributed by atoms with Crippen molar-refractivity contribution in [3.63, 3.8) is 0 Å². The van der Waals surface area contributed by atoms with Gasteiger partial charge in [0.1, 0.15) is 0 Å². The van der Waals surface area contributed by atoms with Gasteiger partial charge in [0.2, 0.25) is 11.8 Å². The Morgan fingerprint density at radius 2 is 2.00 bits per heavy atom. The van der Waals surface area contributed by atoms with Gasteiger partial charge >= 0.3 is 0 Å². The number of alkyl halides is 1. The van der Waals surface area contributed by atoms with E-state index in [9.17, 15) is 9.59 Å². The average Bonchev–Trinajstić information content (AvgIpc) is 2.32. The second-order valence-corrected chi connectivity index (χ2v) is 5.52. The number of hydrogen-bond donors (Lipinski definition) is 1. The van der Waals surface area contributed by atoms with Crippen molar-refractivity contribution >= 4 is 27.7 Å². The molecule has 18 heavy (non-hydrogen) atoms. The zero-order valence-electron chi connectivity index (χ0n) is 11.5. The van der Waals surface area contributed by atoms with Crippen LogP contribution in [-0.4, -0.2) is 55.4 Å². The average molecular weight is 323 g/mol. The Hall–Kier alpha value is -0.620. The zero-order chi connectivity index (χ0) is 14.1.